The van der Waals surface area contributed by atoms with Crippen LogP contribution in [0, 0.1) is 11.6 Å². The number of amides is 1. The summed E-state index contributed by atoms with van der Waals surface area (Å²) in [6.45, 7) is 6.84. The van der Waals surface area contributed by atoms with E-state index in [2.05, 4.69) is 10.3 Å². The van der Waals surface area contributed by atoms with E-state index < -0.39 is 37.3 Å². The molecule has 9 heteroatoms. The number of benzene rings is 1. The number of carbonyl (C=O) groups excluding carboxylic acids is 1. The quantitative estimate of drug-likeness (QED) is 0.766. The highest BCUT2D eigenvalue weighted by Gasteiger charge is 2.26. The molecule has 1 heterocycles. The lowest BCUT2D eigenvalue weighted by molar-refractivity contribution is -0.114. The van der Waals surface area contributed by atoms with Gasteiger partial charge in [0.25, 0.3) is 0 Å². The number of hydrogen-bond acceptors (Lipinski definition) is 3. The molecule has 0 saturated heterocycles. The molecule has 0 aliphatic heterocycles. The highest BCUT2D eigenvalue weighted by atomic mass is 35.5. The van der Waals surface area contributed by atoms with E-state index in [-0.39, 0.29) is 22.0 Å². The zero-order valence-electron chi connectivity index (χ0n) is 14.6. The minimum Gasteiger partial charge on any atom is -0.476 e. The van der Waals surface area contributed by atoms with Gasteiger partial charge in [0, 0.05) is 12.5 Å². The maximum Gasteiger partial charge on any atom is 0.356 e. The molecule has 0 aliphatic rings. The van der Waals surface area contributed by atoms with Gasteiger partial charge in [-0.3, -0.25) is 4.79 Å². The van der Waals surface area contributed by atoms with E-state index in [1.807, 2.05) is 19.6 Å². The zero-order valence-corrected chi connectivity index (χ0v) is 16.3. The Bertz CT molecular complexity index is 914. The van der Waals surface area contributed by atoms with Gasteiger partial charge in [-0.25, -0.2) is 18.6 Å². The summed E-state index contributed by atoms with van der Waals surface area (Å²) in [5.41, 5.74) is -0.970. The Labute approximate surface area is 155 Å². The third-order valence-corrected chi connectivity index (χ3v) is 6.02. The SMILES string of the molecule is CC(=O)Nc1cc(-c2ccc([Si](C)(C)C)c(F)c2F)nc(C(=O)O)c1Cl. The van der Waals surface area contributed by atoms with Crippen molar-refractivity contribution in [2.24, 2.45) is 0 Å². The van der Waals surface area contributed by atoms with Gasteiger partial charge >= 0.3 is 5.97 Å². The number of pyridine rings is 1. The van der Waals surface area contributed by atoms with E-state index >= 15 is 0 Å². The van der Waals surface area contributed by atoms with Crippen LogP contribution in [0.2, 0.25) is 24.7 Å². The van der Waals surface area contributed by atoms with Crippen molar-refractivity contribution in [2.45, 2.75) is 26.6 Å². The summed E-state index contributed by atoms with van der Waals surface area (Å²) in [5, 5.41) is 11.6. The van der Waals surface area contributed by atoms with Crippen molar-refractivity contribution < 1.29 is 23.5 Å². The number of rotatable bonds is 4. The van der Waals surface area contributed by atoms with E-state index in [1.54, 1.807) is 0 Å². The molecule has 0 unspecified atom stereocenters. The van der Waals surface area contributed by atoms with Crippen LogP contribution in [0.5, 0.6) is 0 Å². The Morgan fingerprint density at radius 3 is 2.31 bits per heavy atom. The second kappa shape index (κ2) is 7.12. The molecule has 1 amide bonds. The van der Waals surface area contributed by atoms with Crippen molar-refractivity contribution >= 4 is 42.4 Å². The molecule has 0 saturated carbocycles. The van der Waals surface area contributed by atoms with Gasteiger partial charge in [0.1, 0.15) is 0 Å². The fourth-order valence-corrected chi connectivity index (χ4v) is 3.99. The molecule has 5 nitrogen and oxygen atoms in total. The van der Waals surface area contributed by atoms with Crippen molar-refractivity contribution in [3.05, 3.63) is 40.6 Å². The second-order valence-corrected chi connectivity index (χ2v) is 12.2. The molecule has 0 fully saturated rings. The smallest absolute Gasteiger partial charge is 0.356 e. The number of nitrogens with one attached hydrogen (secondary N) is 1. The first kappa shape index (κ1) is 20.0. The number of carboxylic acid groups (broad SMARTS) is 1. The number of nitrogens with zero attached hydrogens (tertiary/aromatic N) is 1. The van der Waals surface area contributed by atoms with Crippen LogP contribution in [0.3, 0.4) is 0 Å². The van der Waals surface area contributed by atoms with Gasteiger partial charge in [0.15, 0.2) is 17.3 Å². The van der Waals surface area contributed by atoms with Crippen LogP contribution >= 0.6 is 11.6 Å². The molecule has 2 N–H and O–H groups in total. The van der Waals surface area contributed by atoms with Crippen LogP contribution in [0.4, 0.5) is 14.5 Å². The fraction of sp³-hybridized carbons (Fsp3) is 0.235. The minimum atomic E-state index is -2.11. The number of carbonyl (C=O) groups is 2. The first-order valence-corrected chi connectivity index (χ1v) is 11.5. The van der Waals surface area contributed by atoms with Gasteiger partial charge in [0.2, 0.25) is 5.91 Å². The van der Waals surface area contributed by atoms with Gasteiger partial charge < -0.3 is 10.4 Å². The first-order valence-electron chi connectivity index (χ1n) is 7.63. The van der Waals surface area contributed by atoms with Crippen LogP contribution < -0.4 is 10.5 Å². The van der Waals surface area contributed by atoms with Gasteiger partial charge in [-0.15, -0.1) is 0 Å². The molecule has 1 aromatic heterocycles. The summed E-state index contributed by atoms with van der Waals surface area (Å²) < 4.78 is 29.2. The summed E-state index contributed by atoms with van der Waals surface area (Å²) >= 11 is 5.94. The average molecular weight is 399 g/mol. The Hall–Kier alpha value is -2.32. The van der Waals surface area contributed by atoms with Crippen LogP contribution in [-0.2, 0) is 4.79 Å². The van der Waals surface area contributed by atoms with Crippen molar-refractivity contribution in [3.63, 3.8) is 0 Å². The molecule has 26 heavy (non-hydrogen) atoms. The molecular formula is C17H17ClF2N2O3Si. The third kappa shape index (κ3) is 3.91. The lowest BCUT2D eigenvalue weighted by atomic mass is 10.1. The topological polar surface area (TPSA) is 79.3 Å². The van der Waals surface area contributed by atoms with Crippen molar-refractivity contribution in [3.8, 4) is 11.3 Å². The number of aromatic carboxylic acids is 1. The van der Waals surface area contributed by atoms with Gasteiger partial charge in [-0.2, -0.15) is 0 Å². The lowest BCUT2D eigenvalue weighted by Crippen LogP contribution is -2.40. The number of hydrogen-bond donors (Lipinski definition) is 2. The standard InChI is InChI=1S/C17H17ClF2N2O3Si/c1-8(23)21-11-7-10(22-16(13(11)18)17(24)25)9-5-6-12(26(2,3)4)15(20)14(9)19/h5-7H,1-4H3,(H,24,25)(H,21,22,23). The highest BCUT2D eigenvalue weighted by Crippen LogP contribution is 2.32. The van der Waals surface area contributed by atoms with E-state index in [0.29, 0.717) is 5.19 Å². The molecule has 0 spiro atoms. The van der Waals surface area contributed by atoms with Gasteiger partial charge in [0.05, 0.1) is 24.5 Å². The third-order valence-electron chi connectivity index (χ3n) is 3.64. The molecular weight excluding hydrogens is 382 g/mol. The summed E-state index contributed by atoms with van der Waals surface area (Å²) in [6, 6.07) is 4.04. The monoisotopic (exact) mass is 398 g/mol. The normalized spacial score (nSPS) is 11.3. The van der Waals surface area contributed by atoms with Crippen LogP contribution in [-0.4, -0.2) is 30.0 Å². The van der Waals surface area contributed by atoms with E-state index in [1.165, 1.54) is 25.1 Å². The van der Waals surface area contributed by atoms with E-state index in [4.69, 9.17) is 11.6 Å². The molecule has 0 bridgehead atoms. The molecule has 2 rings (SSSR count). The first-order chi connectivity index (χ1) is 11.9. The Kier molecular flexibility index (Phi) is 5.48. The van der Waals surface area contributed by atoms with Crippen LogP contribution in [0.1, 0.15) is 17.4 Å². The molecule has 138 valence electrons. The maximum absolute atomic E-state index is 14.6. The fourth-order valence-electron chi connectivity index (χ4n) is 2.42. The second-order valence-electron chi connectivity index (χ2n) is 6.74. The molecule has 0 atom stereocenters. The summed E-state index contributed by atoms with van der Waals surface area (Å²) in [5.74, 6) is -4.05. The molecule has 0 aliphatic carbocycles. The van der Waals surface area contributed by atoms with Crippen LogP contribution in [0.25, 0.3) is 11.3 Å². The maximum atomic E-state index is 14.6. The molecule has 0 radical (unpaired) electrons. The largest absolute Gasteiger partial charge is 0.476 e. The average Bonchev–Trinajstić information content (AvgIpc) is 2.50. The molecule has 2 aromatic rings. The van der Waals surface area contributed by atoms with Crippen LogP contribution in [0.15, 0.2) is 18.2 Å². The lowest BCUT2D eigenvalue weighted by Gasteiger charge is -2.19. The molecule has 1 aromatic carbocycles. The van der Waals surface area contributed by atoms with Crippen molar-refractivity contribution in [1.29, 1.82) is 0 Å². The number of anilines is 1. The van der Waals surface area contributed by atoms with E-state index in [0.717, 1.165) is 0 Å². The van der Waals surface area contributed by atoms with Crippen molar-refractivity contribution in [1.82, 2.24) is 4.98 Å². The Morgan fingerprint density at radius 1 is 1.19 bits per heavy atom. The number of carboxylic acids is 1. The van der Waals surface area contributed by atoms with Gasteiger partial charge in [-0.1, -0.05) is 37.3 Å². The predicted molar refractivity (Wildman–Crippen MR) is 98.8 cm³/mol. The summed E-state index contributed by atoms with van der Waals surface area (Å²) in [4.78, 5) is 26.5. The van der Waals surface area contributed by atoms with E-state index in [9.17, 15) is 23.5 Å². The number of aromatic nitrogens is 1. The zero-order chi connectivity index (χ0) is 19.8. The number of halogens is 3. The van der Waals surface area contributed by atoms with Crippen molar-refractivity contribution in [2.75, 3.05) is 5.32 Å². The summed E-state index contributed by atoms with van der Waals surface area (Å²) in [6.07, 6.45) is 0. The highest BCUT2D eigenvalue weighted by molar-refractivity contribution is 6.88. The van der Waals surface area contributed by atoms with Gasteiger partial charge in [-0.05, 0) is 17.3 Å². The summed E-state index contributed by atoms with van der Waals surface area (Å²) in [7, 11) is -2.11. The Morgan fingerprint density at radius 2 is 1.81 bits per heavy atom. The Balaban J connectivity index is 2.72. The minimum absolute atomic E-state index is 0.0457. The predicted octanol–water partition coefficient (Wildman–Crippen LogP) is 3.88.